The molecule has 0 rings (SSSR count). The molecule has 0 unspecified atom stereocenters. The first-order valence-corrected chi connectivity index (χ1v) is 5.91. The third kappa shape index (κ3) is 6.62. The second kappa shape index (κ2) is 6.56. The molecule has 82 valence electrons. The molecule has 0 aromatic carbocycles. The van der Waals surface area contributed by atoms with Crippen molar-refractivity contribution in [3.8, 4) is 0 Å². The minimum atomic E-state index is -3.34. The molecule has 1 N–H and O–H groups in total. The Hall–Kier alpha value is -0.880. The lowest BCUT2D eigenvalue weighted by Gasteiger charge is -2.03. The van der Waals surface area contributed by atoms with Gasteiger partial charge in [-0.3, -0.25) is 4.79 Å². The molecule has 0 fully saturated rings. The fraction of sp³-hybridized carbons (Fsp3) is 0.625. The van der Waals surface area contributed by atoms with Gasteiger partial charge >= 0.3 is 0 Å². The Morgan fingerprint density at radius 1 is 1.57 bits per heavy atom. The molecule has 0 radical (unpaired) electrons. The predicted octanol–water partition coefficient (Wildman–Crippen LogP) is -0.650. The molecule has 5 nitrogen and oxygen atoms in total. The van der Waals surface area contributed by atoms with E-state index in [4.69, 9.17) is 0 Å². The summed E-state index contributed by atoms with van der Waals surface area (Å²) in [5.41, 5.74) is 0. The van der Waals surface area contributed by atoms with Crippen molar-refractivity contribution in [3.05, 3.63) is 12.7 Å². The number of carbonyl (C=O) groups is 1. The van der Waals surface area contributed by atoms with Crippen LogP contribution < -0.4 is 5.32 Å². The van der Waals surface area contributed by atoms with E-state index in [1.165, 1.54) is 13.2 Å². The van der Waals surface area contributed by atoms with Gasteiger partial charge in [0.25, 0.3) is 0 Å². The first kappa shape index (κ1) is 13.1. The minimum Gasteiger partial charge on any atom is -0.383 e. The zero-order chi connectivity index (χ0) is 11.0. The quantitative estimate of drug-likeness (QED) is 0.458. The number of nitrogens with one attached hydrogen (secondary N) is 1. The van der Waals surface area contributed by atoms with Crippen LogP contribution in [-0.2, 0) is 19.4 Å². The normalized spacial score (nSPS) is 10.9. The summed E-state index contributed by atoms with van der Waals surface area (Å²) in [5.74, 6) is -1.18. The molecular formula is C8H15NO4S. The molecule has 14 heavy (non-hydrogen) atoms. The van der Waals surface area contributed by atoms with Crippen LogP contribution in [0.1, 0.15) is 0 Å². The van der Waals surface area contributed by atoms with E-state index in [1.54, 1.807) is 0 Å². The summed E-state index contributed by atoms with van der Waals surface area (Å²) in [6.07, 6.45) is 1.26. The average Bonchev–Trinajstić information content (AvgIpc) is 2.03. The Balaban J connectivity index is 3.87. The van der Waals surface area contributed by atoms with Crippen molar-refractivity contribution in [3.63, 3.8) is 0 Å². The highest BCUT2D eigenvalue weighted by Crippen LogP contribution is 1.90. The van der Waals surface area contributed by atoms with Crippen LogP contribution in [0.25, 0.3) is 0 Å². The van der Waals surface area contributed by atoms with Crippen LogP contribution in [-0.4, -0.2) is 46.1 Å². The van der Waals surface area contributed by atoms with E-state index >= 15 is 0 Å². The number of ether oxygens (including phenoxy) is 1. The van der Waals surface area contributed by atoms with Gasteiger partial charge in [0.05, 0.1) is 12.4 Å². The monoisotopic (exact) mass is 221 g/mol. The molecule has 0 aromatic rings. The lowest BCUT2D eigenvalue weighted by atomic mass is 10.6. The Morgan fingerprint density at radius 2 is 2.21 bits per heavy atom. The average molecular weight is 221 g/mol. The van der Waals surface area contributed by atoms with Gasteiger partial charge in [0.1, 0.15) is 5.75 Å². The largest absolute Gasteiger partial charge is 0.383 e. The Kier molecular flexibility index (Phi) is 6.14. The van der Waals surface area contributed by atoms with Gasteiger partial charge in [0.15, 0.2) is 9.84 Å². The van der Waals surface area contributed by atoms with E-state index < -0.39 is 21.5 Å². The molecular weight excluding hydrogens is 206 g/mol. The lowest BCUT2D eigenvalue weighted by molar-refractivity contribution is -0.118. The van der Waals surface area contributed by atoms with Crippen LogP contribution in [0.2, 0.25) is 0 Å². The Labute approximate surface area is 84.1 Å². The maximum atomic E-state index is 11.1. The van der Waals surface area contributed by atoms with Gasteiger partial charge in [-0.05, 0) is 0 Å². The molecule has 1 amide bonds. The number of amides is 1. The van der Waals surface area contributed by atoms with Crippen molar-refractivity contribution in [2.75, 3.05) is 31.8 Å². The number of rotatable bonds is 7. The van der Waals surface area contributed by atoms with Gasteiger partial charge < -0.3 is 10.1 Å². The number of hydrogen-bond donors (Lipinski definition) is 1. The van der Waals surface area contributed by atoms with Crippen molar-refractivity contribution in [2.45, 2.75) is 0 Å². The van der Waals surface area contributed by atoms with E-state index in [0.717, 1.165) is 0 Å². The third-order valence-corrected chi connectivity index (χ3v) is 2.80. The Morgan fingerprint density at radius 3 is 2.71 bits per heavy atom. The minimum absolute atomic E-state index is 0.176. The maximum absolute atomic E-state index is 11.1. The molecule has 6 heteroatoms. The second-order valence-corrected chi connectivity index (χ2v) is 4.80. The molecule has 0 atom stereocenters. The van der Waals surface area contributed by atoms with Crippen molar-refractivity contribution >= 4 is 15.7 Å². The van der Waals surface area contributed by atoms with Crippen molar-refractivity contribution < 1.29 is 17.9 Å². The molecule has 0 spiro atoms. The van der Waals surface area contributed by atoms with Crippen LogP contribution in [0.5, 0.6) is 0 Å². The molecule has 0 aliphatic heterocycles. The smallest absolute Gasteiger partial charge is 0.235 e. The third-order valence-electron chi connectivity index (χ3n) is 1.35. The summed E-state index contributed by atoms with van der Waals surface area (Å²) in [4.78, 5) is 11.0. The van der Waals surface area contributed by atoms with Gasteiger partial charge in [0, 0.05) is 13.7 Å². The summed E-state index contributed by atoms with van der Waals surface area (Å²) in [6.45, 7) is 3.98. The van der Waals surface area contributed by atoms with Gasteiger partial charge in [0.2, 0.25) is 5.91 Å². The van der Waals surface area contributed by atoms with Crippen molar-refractivity contribution in [1.82, 2.24) is 5.32 Å². The SMILES string of the molecule is C=CCS(=O)(=O)CC(=O)NCCOC. The number of sulfone groups is 1. The first-order chi connectivity index (χ1) is 6.52. The van der Waals surface area contributed by atoms with Gasteiger partial charge in [-0.15, -0.1) is 6.58 Å². The van der Waals surface area contributed by atoms with E-state index in [9.17, 15) is 13.2 Å². The molecule has 0 aliphatic rings. The Bertz CT molecular complexity index is 284. The van der Waals surface area contributed by atoms with Crippen LogP contribution in [0.3, 0.4) is 0 Å². The molecule has 0 aromatic heterocycles. The fourth-order valence-electron chi connectivity index (χ4n) is 0.782. The van der Waals surface area contributed by atoms with Crippen LogP contribution >= 0.6 is 0 Å². The molecule has 0 bridgehead atoms. The summed E-state index contributed by atoms with van der Waals surface area (Å²) in [6, 6.07) is 0. The summed E-state index contributed by atoms with van der Waals surface area (Å²) >= 11 is 0. The first-order valence-electron chi connectivity index (χ1n) is 4.09. The van der Waals surface area contributed by atoms with E-state index in [-0.39, 0.29) is 5.75 Å². The van der Waals surface area contributed by atoms with Gasteiger partial charge in [-0.25, -0.2) is 8.42 Å². The standard InChI is InChI=1S/C8H15NO4S/c1-3-6-14(11,12)7-8(10)9-4-5-13-2/h3H,1,4-7H2,2H3,(H,9,10). The second-order valence-electron chi connectivity index (χ2n) is 2.69. The highest BCUT2D eigenvalue weighted by atomic mass is 32.2. The summed E-state index contributed by atoms with van der Waals surface area (Å²) in [5, 5.41) is 2.42. The van der Waals surface area contributed by atoms with Crippen LogP contribution in [0.15, 0.2) is 12.7 Å². The van der Waals surface area contributed by atoms with Crippen molar-refractivity contribution in [1.29, 1.82) is 0 Å². The van der Waals surface area contributed by atoms with Crippen molar-refractivity contribution in [2.24, 2.45) is 0 Å². The molecule has 0 heterocycles. The summed E-state index contributed by atoms with van der Waals surface area (Å²) < 4.78 is 26.9. The van der Waals surface area contributed by atoms with Gasteiger partial charge in [-0.1, -0.05) is 6.08 Å². The van der Waals surface area contributed by atoms with E-state index in [0.29, 0.717) is 13.2 Å². The fourth-order valence-corrected chi connectivity index (χ4v) is 1.76. The topological polar surface area (TPSA) is 72.5 Å². The predicted molar refractivity (Wildman–Crippen MR) is 53.7 cm³/mol. The number of hydrogen-bond acceptors (Lipinski definition) is 4. The van der Waals surface area contributed by atoms with Crippen LogP contribution in [0, 0.1) is 0 Å². The molecule has 0 saturated carbocycles. The number of methoxy groups -OCH3 is 1. The lowest BCUT2D eigenvalue weighted by Crippen LogP contribution is -2.33. The van der Waals surface area contributed by atoms with E-state index in [1.807, 2.05) is 0 Å². The number of carbonyl (C=O) groups excluding carboxylic acids is 1. The zero-order valence-electron chi connectivity index (χ0n) is 8.15. The summed E-state index contributed by atoms with van der Waals surface area (Å²) in [7, 11) is -1.84. The maximum Gasteiger partial charge on any atom is 0.235 e. The van der Waals surface area contributed by atoms with Gasteiger partial charge in [-0.2, -0.15) is 0 Å². The highest BCUT2D eigenvalue weighted by molar-refractivity contribution is 7.92. The molecule has 0 saturated heterocycles. The molecule has 0 aliphatic carbocycles. The highest BCUT2D eigenvalue weighted by Gasteiger charge is 2.13. The van der Waals surface area contributed by atoms with Crippen LogP contribution in [0.4, 0.5) is 0 Å². The van der Waals surface area contributed by atoms with E-state index in [2.05, 4.69) is 16.6 Å². The zero-order valence-corrected chi connectivity index (χ0v) is 8.97.